The summed E-state index contributed by atoms with van der Waals surface area (Å²) in [6, 6.07) is 9.95. The summed E-state index contributed by atoms with van der Waals surface area (Å²) < 4.78 is 1.06. The van der Waals surface area contributed by atoms with Crippen molar-refractivity contribution in [3.05, 3.63) is 41.1 Å². The van der Waals surface area contributed by atoms with Crippen LogP contribution in [0.25, 0.3) is 0 Å². The second-order valence-electron chi connectivity index (χ2n) is 3.13. The van der Waals surface area contributed by atoms with E-state index >= 15 is 0 Å². The van der Waals surface area contributed by atoms with E-state index in [2.05, 4.69) is 0 Å². The Morgan fingerprint density at radius 1 is 1.25 bits per heavy atom. The third kappa shape index (κ3) is 1.64. The fraction of sp³-hybridized carbons (Fsp3) is 0.300. The molecule has 1 aromatic rings. The van der Waals surface area contributed by atoms with Crippen LogP contribution in [0.4, 0.5) is 0 Å². The van der Waals surface area contributed by atoms with Crippen LogP contribution >= 0.6 is 0 Å². The van der Waals surface area contributed by atoms with Gasteiger partial charge in [-0.3, -0.25) is 0 Å². The molecule has 0 heterocycles. The molecule has 2 heteroatoms. The highest BCUT2D eigenvalue weighted by atomic mass is 16.5. The van der Waals surface area contributed by atoms with Gasteiger partial charge in [0.15, 0.2) is 12.3 Å². The first-order valence-electron chi connectivity index (χ1n) is 4.21. The van der Waals surface area contributed by atoms with Gasteiger partial charge >= 0.3 is 0 Å². The molecule has 62 valence electrons. The lowest BCUT2D eigenvalue weighted by atomic mass is 10.2. The van der Waals surface area contributed by atoms with Gasteiger partial charge in [-0.2, -0.15) is 0 Å². The summed E-state index contributed by atoms with van der Waals surface area (Å²) in [6.07, 6.45) is 3.76. The van der Waals surface area contributed by atoms with Crippen LogP contribution in [-0.4, -0.2) is 17.0 Å². The fourth-order valence-corrected chi connectivity index (χ4v) is 1.12. The highest BCUT2D eigenvalue weighted by Crippen LogP contribution is 2.22. The van der Waals surface area contributed by atoms with Crippen molar-refractivity contribution < 1.29 is 4.74 Å². The molecule has 0 radical (unpaired) electrons. The molecule has 1 aromatic carbocycles. The molecule has 1 fully saturated rings. The van der Waals surface area contributed by atoms with Crippen LogP contribution in [0.1, 0.15) is 18.4 Å². The van der Waals surface area contributed by atoms with Gasteiger partial charge in [-0.25, -0.2) is 4.74 Å². The summed E-state index contributed by atoms with van der Waals surface area (Å²) in [5.41, 5.74) is 0.986. The normalized spacial score (nSPS) is 17.8. The van der Waals surface area contributed by atoms with Crippen molar-refractivity contribution in [3.63, 3.8) is 0 Å². The number of hydrogen-bond acceptors (Lipinski definition) is 1. The number of rotatable bonds is 2. The number of hydroxylamine groups is 1. The minimum absolute atomic E-state index is 0.255. The lowest BCUT2D eigenvalue weighted by Gasteiger charge is -2.00. The Bertz CT molecular complexity index is 288. The van der Waals surface area contributed by atoms with E-state index < -0.39 is 0 Å². The molecule has 0 N–H and O–H groups in total. The maximum absolute atomic E-state index is 11.2. The van der Waals surface area contributed by atoms with Crippen molar-refractivity contribution in [2.75, 3.05) is 0 Å². The molecule has 1 saturated carbocycles. The number of nitrogens with zero attached hydrogens (tertiary/aromatic N) is 1. The van der Waals surface area contributed by atoms with Gasteiger partial charge in [0, 0.05) is 18.4 Å². The SMILES string of the molecule is [O-][N+](=Cc1ccccc1)C1CC1. The van der Waals surface area contributed by atoms with Crippen LogP contribution in [-0.2, 0) is 0 Å². The Balaban J connectivity index is 2.15. The average molecular weight is 161 g/mol. The third-order valence-corrected chi connectivity index (χ3v) is 1.98. The average Bonchev–Trinajstić information content (AvgIpc) is 2.88. The summed E-state index contributed by atoms with van der Waals surface area (Å²) in [4.78, 5) is 0. The molecule has 0 aromatic heterocycles. The van der Waals surface area contributed by atoms with E-state index in [1.54, 1.807) is 6.21 Å². The Hall–Kier alpha value is -1.31. The predicted molar refractivity (Wildman–Crippen MR) is 48.3 cm³/mol. The molecular formula is C10H11NO. The van der Waals surface area contributed by atoms with Gasteiger partial charge in [0.25, 0.3) is 0 Å². The molecular weight excluding hydrogens is 150 g/mol. The topological polar surface area (TPSA) is 26.1 Å². The molecule has 2 nitrogen and oxygen atoms in total. The lowest BCUT2D eigenvalue weighted by molar-refractivity contribution is -0.467. The van der Waals surface area contributed by atoms with Gasteiger partial charge in [0.05, 0.1) is 0 Å². The molecule has 2 rings (SSSR count). The van der Waals surface area contributed by atoms with E-state index in [9.17, 15) is 5.21 Å². The minimum atomic E-state index is 0.255. The summed E-state index contributed by atoms with van der Waals surface area (Å²) in [5, 5.41) is 11.2. The van der Waals surface area contributed by atoms with Crippen LogP contribution in [0, 0.1) is 5.21 Å². The first-order chi connectivity index (χ1) is 5.86. The maximum atomic E-state index is 11.2. The van der Waals surface area contributed by atoms with E-state index in [1.165, 1.54) is 0 Å². The van der Waals surface area contributed by atoms with Gasteiger partial charge in [0.1, 0.15) is 0 Å². The minimum Gasteiger partial charge on any atom is -0.624 e. The first kappa shape index (κ1) is 7.35. The van der Waals surface area contributed by atoms with E-state index in [-0.39, 0.29) is 6.04 Å². The van der Waals surface area contributed by atoms with Crippen LogP contribution in [0.2, 0.25) is 0 Å². The van der Waals surface area contributed by atoms with Crippen molar-refractivity contribution in [3.8, 4) is 0 Å². The van der Waals surface area contributed by atoms with E-state index in [0.717, 1.165) is 23.1 Å². The van der Waals surface area contributed by atoms with Crippen LogP contribution in [0.3, 0.4) is 0 Å². The molecule has 0 bridgehead atoms. The molecule has 0 atom stereocenters. The predicted octanol–water partition coefficient (Wildman–Crippen LogP) is 1.78. The molecule has 0 aliphatic heterocycles. The molecule has 0 spiro atoms. The zero-order chi connectivity index (χ0) is 8.39. The van der Waals surface area contributed by atoms with Crippen molar-refractivity contribution >= 4 is 6.21 Å². The smallest absolute Gasteiger partial charge is 0.182 e. The van der Waals surface area contributed by atoms with E-state index in [4.69, 9.17) is 0 Å². The summed E-state index contributed by atoms with van der Waals surface area (Å²) >= 11 is 0. The molecule has 0 unspecified atom stereocenters. The summed E-state index contributed by atoms with van der Waals surface area (Å²) in [6.45, 7) is 0. The highest BCUT2D eigenvalue weighted by molar-refractivity contribution is 5.75. The Kier molecular flexibility index (Phi) is 1.82. The standard InChI is InChI=1S/C10H11NO/c12-11(10-6-7-10)8-9-4-2-1-3-5-9/h1-5,8,10H,6-7H2. The van der Waals surface area contributed by atoms with E-state index in [1.807, 2.05) is 30.3 Å². The third-order valence-electron chi connectivity index (χ3n) is 1.98. The summed E-state index contributed by atoms with van der Waals surface area (Å²) in [5.74, 6) is 0. The monoisotopic (exact) mass is 161 g/mol. The largest absolute Gasteiger partial charge is 0.624 e. The first-order valence-corrected chi connectivity index (χ1v) is 4.21. The summed E-state index contributed by atoms with van der Waals surface area (Å²) in [7, 11) is 0. The van der Waals surface area contributed by atoms with Gasteiger partial charge in [0.2, 0.25) is 0 Å². The van der Waals surface area contributed by atoms with Crippen LogP contribution in [0.5, 0.6) is 0 Å². The molecule has 0 amide bonds. The van der Waals surface area contributed by atoms with Crippen LogP contribution < -0.4 is 0 Å². The number of hydrogen-bond donors (Lipinski definition) is 0. The Morgan fingerprint density at radius 3 is 2.50 bits per heavy atom. The molecule has 1 aliphatic carbocycles. The van der Waals surface area contributed by atoms with Crippen molar-refractivity contribution in [2.45, 2.75) is 18.9 Å². The zero-order valence-electron chi connectivity index (χ0n) is 6.81. The second kappa shape index (κ2) is 2.97. The zero-order valence-corrected chi connectivity index (χ0v) is 6.81. The molecule has 12 heavy (non-hydrogen) atoms. The van der Waals surface area contributed by atoms with Gasteiger partial charge in [-0.05, 0) is 12.1 Å². The van der Waals surface area contributed by atoms with Crippen molar-refractivity contribution in [1.29, 1.82) is 0 Å². The fourth-order valence-electron chi connectivity index (χ4n) is 1.12. The van der Waals surface area contributed by atoms with Crippen molar-refractivity contribution in [2.24, 2.45) is 0 Å². The highest BCUT2D eigenvalue weighted by Gasteiger charge is 2.29. The molecule has 1 aliphatic rings. The van der Waals surface area contributed by atoms with Gasteiger partial charge in [-0.15, -0.1) is 0 Å². The lowest BCUT2D eigenvalue weighted by Crippen LogP contribution is -2.07. The maximum Gasteiger partial charge on any atom is 0.182 e. The quantitative estimate of drug-likeness (QED) is 0.281. The molecule has 0 saturated heterocycles. The van der Waals surface area contributed by atoms with Crippen molar-refractivity contribution in [1.82, 2.24) is 0 Å². The Labute approximate surface area is 71.7 Å². The van der Waals surface area contributed by atoms with Crippen LogP contribution in [0.15, 0.2) is 30.3 Å². The number of benzene rings is 1. The van der Waals surface area contributed by atoms with Gasteiger partial charge < -0.3 is 5.21 Å². The van der Waals surface area contributed by atoms with E-state index in [0.29, 0.717) is 0 Å². The second-order valence-corrected chi connectivity index (χ2v) is 3.13. The van der Waals surface area contributed by atoms with Gasteiger partial charge in [-0.1, -0.05) is 18.2 Å². The Morgan fingerprint density at radius 2 is 1.92 bits per heavy atom.